The minimum Gasteiger partial charge on any atom is -0.343 e. The molecule has 1 saturated heterocycles. The Labute approximate surface area is 253 Å². The normalized spacial score (nSPS) is 14.5. The van der Waals surface area contributed by atoms with E-state index >= 15 is 0 Å². The summed E-state index contributed by atoms with van der Waals surface area (Å²) in [4.78, 5) is 36.3. The zero-order valence-corrected chi connectivity index (χ0v) is 25.0. The van der Waals surface area contributed by atoms with Gasteiger partial charge in [0.15, 0.2) is 0 Å². The number of piperidine rings is 1. The largest absolute Gasteiger partial charge is 0.343 e. The van der Waals surface area contributed by atoms with Gasteiger partial charge in [-0.1, -0.05) is 84.4 Å². The van der Waals surface area contributed by atoms with Crippen molar-refractivity contribution in [1.82, 2.24) is 19.4 Å². The molecular weight excluding hydrogens is 544 g/mol. The Morgan fingerprint density at radius 2 is 1.48 bits per heavy atom. The summed E-state index contributed by atoms with van der Waals surface area (Å²) in [5.74, 6) is 1.15. The van der Waals surface area contributed by atoms with E-state index in [2.05, 4.69) is 29.2 Å². The van der Waals surface area contributed by atoms with Gasteiger partial charge in [-0.15, -0.1) is 0 Å². The number of aryl methyl sites for hydroxylation is 2. The van der Waals surface area contributed by atoms with Crippen LogP contribution in [0, 0.1) is 5.41 Å². The molecule has 0 saturated carbocycles. The predicted molar refractivity (Wildman–Crippen MR) is 167 cm³/mol. The van der Waals surface area contributed by atoms with E-state index in [4.69, 9.17) is 11.6 Å². The summed E-state index contributed by atoms with van der Waals surface area (Å²) < 4.78 is 1.97. The molecule has 0 atom stereocenters. The highest BCUT2D eigenvalue weighted by molar-refractivity contribution is 6.30. The lowest BCUT2D eigenvalue weighted by atomic mass is 9.72. The predicted octanol–water partition coefficient (Wildman–Crippen LogP) is 6.13. The summed E-state index contributed by atoms with van der Waals surface area (Å²) in [6, 6.07) is 28.2. The molecule has 0 spiro atoms. The molecule has 2 amide bonds. The standard InChI is InChI=1S/C35H39ClN4O2/c1-38-25-21-37-32(38)27-40(22-18-29-12-15-31(36)16-13-29)34(42)35(26-30-10-6-3-7-11-30)19-23-39(24-20-35)33(41)17-14-28-8-4-2-5-9-28/h2-13,15-16,21,25H,14,17-20,22-24,26-27H2,1H3. The number of likely N-dealkylation sites (tertiary alicyclic amines) is 1. The van der Waals surface area contributed by atoms with Crippen LogP contribution in [0.25, 0.3) is 0 Å². The first kappa shape index (κ1) is 29.6. The van der Waals surface area contributed by atoms with Gasteiger partial charge >= 0.3 is 0 Å². The van der Waals surface area contributed by atoms with Gasteiger partial charge < -0.3 is 14.4 Å². The second-order valence-electron chi connectivity index (χ2n) is 11.4. The molecule has 218 valence electrons. The minimum absolute atomic E-state index is 0.139. The number of hydrogen-bond acceptors (Lipinski definition) is 3. The van der Waals surface area contributed by atoms with Gasteiger partial charge in [0, 0.05) is 50.5 Å². The molecule has 0 radical (unpaired) electrons. The van der Waals surface area contributed by atoms with Crippen molar-refractivity contribution in [3.05, 3.63) is 125 Å². The molecule has 0 N–H and O–H groups in total. The van der Waals surface area contributed by atoms with Crippen molar-refractivity contribution in [2.75, 3.05) is 19.6 Å². The monoisotopic (exact) mass is 582 g/mol. The Hall–Kier alpha value is -3.90. The van der Waals surface area contributed by atoms with E-state index in [1.54, 1.807) is 6.20 Å². The van der Waals surface area contributed by atoms with Gasteiger partial charge in [0.25, 0.3) is 0 Å². The van der Waals surface area contributed by atoms with Crippen molar-refractivity contribution in [3.63, 3.8) is 0 Å². The highest BCUT2D eigenvalue weighted by Crippen LogP contribution is 2.38. The van der Waals surface area contributed by atoms with Crippen LogP contribution in [0.3, 0.4) is 0 Å². The average molecular weight is 583 g/mol. The van der Waals surface area contributed by atoms with Crippen molar-refractivity contribution in [3.8, 4) is 0 Å². The summed E-state index contributed by atoms with van der Waals surface area (Å²) in [5.41, 5.74) is 2.85. The van der Waals surface area contributed by atoms with Crippen LogP contribution in [0.15, 0.2) is 97.3 Å². The highest BCUT2D eigenvalue weighted by atomic mass is 35.5. The maximum Gasteiger partial charge on any atom is 0.229 e. The third-order valence-electron chi connectivity index (χ3n) is 8.51. The topological polar surface area (TPSA) is 58.4 Å². The summed E-state index contributed by atoms with van der Waals surface area (Å²) in [6.07, 6.45) is 7.54. The molecule has 1 aromatic heterocycles. The van der Waals surface area contributed by atoms with E-state index in [0.29, 0.717) is 56.9 Å². The van der Waals surface area contributed by atoms with Crippen molar-refractivity contribution in [2.45, 2.75) is 45.1 Å². The maximum absolute atomic E-state index is 14.7. The molecule has 7 heteroatoms. The van der Waals surface area contributed by atoms with Crippen LogP contribution in [0.2, 0.25) is 5.02 Å². The number of carbonyl (C=O) groups is 2. The summed E-state index contributed by atoms with van der Waals surface area (Å²) in [5, 5.41) is 0.701. The second-order valence-corrected chi connectivity index (χ2v) is 11.8. The molecular formula is C35H39ClN4O2. The molecule has 2 heterocycles. The molecule has 1 aliphatic rings. The number of hydrogen-bond donors (Lipinski definition) is 0. The number of aromatic nitrogens is 2. The molecule has 42 heavy (non-hydrogen) atoms. The average Bonchev–Trinajstić information content (AvgIpc) is 3.43. The van der Waals surface area contributed by atoms with E-state index in [-0.39, 0.29) is 11.8 Å². The van der Waals surface area contributed by atoms with E-state index in [1.165, 1.54) is 5.56 Å². The summed E-state index contributed by atoms with van der Waals surface area (Å²) in [7, 11) is 1.96. The van der Waals surface area contributed by atoms with Crippen LogP contribution in [-0.4, -0.2) is 50.8 Å². The fraction of sp³-hybridized carbons (Fsp3) is 0.343. The summed E-state index contributed by atoms with van der Waals surface area (Å²) in [6.45, 7) is 2.18. The van der Waals surface area contributed by atoms with Crippen molar-refractivity contribution in [1.29, 1.82) is 0 Å². The van der Waals surface area contributed by atoms with Crippen LogP contribution < -0.4 is 0 Å². The summed E-state index contributed by atoms with van der Waals surface area (Å²) >= 11 is 6.12. The van der Waals surface area contributed by atoms with Crippen LogP contribution in [0.5, 0.6) is 0 Å². The smallest absolute Gasteiger partial charge is 0.229 e. The van der Waals surface area contributed by atoms with Gasteiger partial charge in [0.2, 0.25) is 11.8 Å². The van der Waals surface area contributed by atoms with Gasteiger partial charge in [0.1, 0.15) is 5.82 Å². The molecule has 1 aliphatic heterocycles. The number of amides is 2. The first-order valence-electron chi connectivity index (χ1n) is 14.8. The SMILES string of the molecule is Cn1ccnc1CN(CCc1ccc(Cl)cc1)C(=O)C1(Cc2ccccc2)CCN(C(=O)CCc2ccccc2)CC1. The number of benzene rings is 3. The Kier molecular flexibility index (Phi) is 9.75. The first-order valence-corrected chi connectivity index (χ1v) is 15.2. The van der Waals surface area contributed by atoms with Crippen molar-refractivity contribution >= 4 is 23.4 Å². The van der Waals surface area contributed by atoms with Gasteiger partial charge in [-0.25, -0.2) is 4.98 Å². The molecule has 0 aliphatic carbocycles. The third kappa shape index (κ3) is 7.48. The highest BCUT2D eigenvalue weighted by Gasteiger charge is 2.44. The lowest BCUT2D eigenvalue weighted by Gasteiger charge is -2.43. The van der Waals surface area contributed by atoms with Crippen LogP contribution in [0.4, 0.5) is 0 Å². The van der Waals surface area contributed by atoms with Crippen LogP contribution in [-0.2, 0) is 42.4 Å². The Balaban J connectivity index is 1.35. The number of carbonyl (C=O) groups excluding carboxylic acids is 2. The fourth-order valence-electron chi connectivity index (χ4n) is 5.91. The number of rotatable bonds is 11. The van der Waals surface area contributed by atoms with E-state index in [1.807, 2.05) is 88.3 Å². The van der Waals surface area contributed by atoms with E-state index in [9.17, 15) is 9.59 Å². The Morgan fingerprint density at radius 3 is 2.10 bits per heavy atom. The van der Waals surface area contributed by atoms with Gasteiger partial charge in [-0.2, -0.15) is 0 Å². The maximum atomic E-state index is 14.7. The van der Waals surface area contributed by atoms with Gasteiger partial charge in [-0.05, 0) is 60.9 Å². The number of halogens is 1. The van der Waals surface area contributed by atoms with Crippen molar-refractivity contribution in [2.24, 2.45) is 12.5 Å². The molecule has 5 rings (SSSR count). The molecule has 3 aromatic carbocycles. The Bertz CT molecular complexity index is 1450. The molecule has 6 nitrogen and oxygen atoms in total. The minimum atomic E-state index is -0.595. The molecule has 1 fully saturated rings. The second kappa shape index (κ2) is 13.8. The fourth-order valence-corrected chi connectivity index (χ4v) is 6.04. The molecule has 0 bridgehead atoms. The number of imidazole rings is 1. The number of nitrogens with zero attached hydrogens (tertiary/aromatic N) is 4. The zero-order chi connectivity index (χ0) is 29.4. The van der Waals surface area contributed by atoms with Crippen LogP contribution in [0.1, 0.15) is 41.8 Å². The Morgan fingerprint density at radius 1 is 0.857 bits per heavy atom. The lowest BCUT2D eigenvalue weighted by molar-refractivity contribution is -0.149. The van der Waals surface area contributed by atoms with Crippen LogP contribution >= 0.6 is 11.6 Å². The quantitative estimate of drug-likeness (QED) is 0.214. The van der Waals surface area contributed by atoms with Gasteiger partial charge in [0.05, 0.1) is 12.0 Å². The van der Waals surface area contributed by atoms with Gasteiger partial charge in [-0.3, -0.25) is 9.59 Å². The van der Waals surface area contributed by atoms with E-state index < -0.39 is 5.41 Å². The van der Waals surface area contributed by atoms with E-state index in [0.717, 1.165) is 29.8 Å². The third-order valence-corrected chi connectivity index (χ3v) is 8.76. The van der Waals surface area contributed by atoms with Crippen molar-refractivity contribution < 1.29 is 9.59 Å². The first-order chi connectivity index (χ1) is 20.4. The molecule has 4 aromatic rings. The lowest BCUT2D eigenvalue weighted by Crippen LogP contribution is -2.52. The zero-order valence-electron chi connectivity index (χ0n) is 24.3. The molecule has 0 unspecified atom stereocenters.